The molecule has 21 heavy (non-hydrogen) atoms. The second-order valence-electron chi connectivity index (χ2n) is 4.69. The summed E-state index contributed by atoms with van der Waals surface area (Å²) in [5.41, 5.74) is 2.60. The van der Waals surface area contributed by atoms with E-state index in [0.717, 1.165) is 22.6 Å². The van der Waals surface area contributed by atoms with Crippen LogP contribution in [0, 0.1) is 0 Å². The number of hydrogen-bond acceptors (Lipinski definition) is 5. The van der Waals surface area contributed by atoms with Gasteiger partial charge in [0.15, 0.2) is 11.5 Å². The number of aromatic nitrogens is 4. The van der Waals surface area contributed by atoms with Crippen LogP contribution in [-0.2, 0) is 0 Å². The Labute approximate surface area is 122 Å². The SMILES string of the molecule is CCOc1cccc([C@@H](C)Nc2ncnc3nc[nH]c23)c1. The molecule has 0 saturated carbocycles. The van der Waals surface area contributed by atoms with Crippen molar-refractivity contribution in [2.45, 2.75) is 19.9 Å². The number of hydrogen-bond donors (Lipinski definition) is 2. The zero-order valence-corrected chi connectivity index (χ0v) is 12.0. The highest BCUT2D eigenvalue weighted by Crippen LogP contribution is 2.24. The fourth-order valence-corrected chi connectivity index (χ4v) is 2.20. The zero-order chi connectivity index (χ0) is 14.7. The lowest BCUT2D eigenvalue weighted by Crippen LogP contribution is -2.09. The van der Waals surface area contributed by atoms with Crippen LogP contribution < -0.4 is 10.1 Å². The lowest BCUT2D eigenvalue weighted by atomic mass is 10.1. The van der Waals surface area contributed by atoms with Crippen LogP contribution in [0.2, 0.25) is 0 Å². The van der Waals surface area contributed by atoms with Gasteiger partial charge in [0.05, 0.1) is 19.0 Å². The van der Waals surface area contributed by atoms with Crippen molar-refractivity contribution < 1.29 is 4.74 Å². The lowest BCUT2D eigenvalue weighted by molar-refractivity contribution is 0.340. The molecular formula is C15H17N5O. The Morgan fingerprint density at radius 2 is 2.19 bits per heavy atom. The van der Waals surface area contributed by atoms with Gasteiger partial charge in [0.1, 0.15) is 17.6 Å². The van der Waals surface area contributed by atoms with Gasteiger partial charge in [-0.05, 0) is 31.5 Å². The summed E-state index contributed by atoms with van der Waals surface area (Å²) in [5.74, 6) is 1.62. The molecule has 6 nitrogen and oxygen atoms in total. The molecule has 0 saturated heterocycles. The molecule has 0 aliphatic rings. The van der Waals surface area contributed by atoms with E-state index in [9.17, 15) is 0 Å². The summed E-state index contributed by atoms with van der Waals surface area (Å²) in [4.78, 5) is 15.6. The summed E-state index contributed by atoms with van der Waals surface area (Å²) < 4.78 is 5.54. The summed E-state index contributed by atoms with van der Waals surface area (Å²) >= 11 is 0. The third-order valence-corrected chi connectivity index (χ3v) is 3.25. The van der Waals surface area contributed by atoms with Crippen molar-refractivity contribution in [2.75, 3.05) is 11.9 Å². The minimum Gasteiger partial charge on any atom is -0.494 e. The minimum absolute atomic E-state index is 0.0896. The Morgan fingerprint density at radius 1 is 1.29 bits per heavy atom. The average Bonchev–Trinajstić information content (AvgIpc) is 2.97. The molecule has 0 aliphatic heterocycles. The van der Waals surface area contributed by atoms with Crippen molar-refractivity contribution in [3.05, 3.63) is 42.5 Å². The third kappa shape index (κ3) is 2.79. The second-order valence-corrected chi connectivity index (χ2v) is 4.69. The summed E-state index contributed by atoms with van der Waals surface area (Å²) in [5, 5.41) is 3.38. The largest absolute Gasteiger partial charge is 0.494 e. The van der Waals surface area contributed by atoms with E-state index in [1.807, 2.05) is 25.1 Å². The summed E-state index contributed by atoms with van der Waals surface area (Å²) in [6, 6.07) is 8.13. The van der Waals surface area contributed by atoms with Gasteiger partial charge in [-0.3, -0.25) is 0 Å². The topological polar surface area (TPSA) is 75.7 Å². The molecule has 0 radical (unpaired) electrons. The molecule has 0 aliphatic carbocycles. The van der Waals surface area contributed by atoms with Crippen LogP contribution in [0.15, 0.2) is 36.9 Å². The summed E-state index contributed by atoms with van der Waals surface area (Å²) in [6.07, 6.45) is 3.12. The maximum atomic E-state index is 5.54. The average molecular weight is 283 g/mol. The van der Waals surface area contributed by atoms with E-state index in [4.69, 9.17) is 4.74 Å². The molecule has 1 atom stereocenters. The van der Waals surface area contributed by atoms with Gasteiger partial charge in [-0.2, -0.15) is 0 Å². The van der Waals surface area contributed by atoms with Crippen LogP contribution in [0.4, 0.5) is 5.82 Å². The molecule has 0 amide bonds. The Kier molecular flexibility index (Phi) is 3.68. The minimum atomic E-state index is 0.0896. The molecule has 0 fully saturated rings. The molecule has 6 heteroatoms. The van der Waals surface area contributed by atoms with Gasteiger partial charge in [0.25, 0.3) is 0 Å². The number of H-pyrrole nitrogens is 1. The Hall–Kier alpha value is -2.63. The highest BCUT2D eigenvalue weighted by molar-refractivity contribution is 5.82. The smallest absolute Gasteiger partial charge is 0.182 e. The van der Waals surface area contributed by atoms with E-state index in [1.54, 1.807) is 6.33 Å². The fraction of sp³-hybridized carbons (Fsp3) is 0.267. The monoisotopic (exact) mass is 283 g/mol. The van der Waals surface area contributed by atoms with Crippen molar-refractivity contribution >= 4 is 17.0 Å². The Bertz CT molecular complexity index is 740. The molecular weight excluding hydrogens is 266 g/mol. The number of nitrogens with zero attached hydrogens (tertiary/aromatic N) is 3. The molecule has 1 aromatic carbocycles. The second kappa shape index (κ2) is 5.78. The standard InChI is InChI=1S/C15H17N5O/c1-3-21-12-6-4-5-11(7-12)10(2)20-15-13-14(17-8-16-13)18-9-19-15/h4-10H,3H2,1-2H3,(H2,16,17,18,19,20)/t10-/m1/s1. The number of nitrogens with one attached hydrogen (secondary N) is 2. The van der Waals surface area contributed by atoms with Gasteiger partial charge < -0.3 is 15.0 Å². The maximum absolute atomic E-state index is 5.54. The number of imidazole rings is 1. The Morgan fingerprint density at radius 3 is 3.05 bits per heavy atom. The predicted octanol–water partition coefficient (Wildman–Crippen LogP) is 2.92. The normalized spacial score (nSPS) is 12.3. The number of anilines is 1. The van der Waals surface area contributed by atoms with Crippen molar-refractivity contribution in [1.29, 1.82) is 0 Å². The number of aromatic amines is 1. The molecule has 2 N–H and O–H groups in total. The quantitative estimate of drug-likeness (QED) is 0.753. The van der Waals surface area contributed by atoms with Gasteiger partial charge in [-0.25, -0.2) is 15.0 Å². The van der Waals surface area contributed by atoms with E-state index >= 15 is 0 Å². The fourth-order valence-electron chi connectivity index (χ4n) is 2.20. The maximum Gasteiger partial charge on any atom is 0.182 e. The van der Waals surface area contributed by atoms with Gasteiger partial charge in [0, 0.05) is 0 Å². The first-order chi connectivity index (χ1) is 10.3. The Balaban J connectivity index is 1.84. The van der Waals surface area contributed by atoms with Crippen molar-refractivity contribution in [3.63, 3.8) is 0 Å². The van der Waals surface area contributed by atoms with Crippen LogP contribution in [0.25, 0.3) is 11.2 Å². The van der Waals surface area contributed by atoms with Crippen LogP contribution in [0.3, 0.4) is 0 Å². The van der Waals surface area contributed by atoms with E-state index < -0.39 is 0 Å². The highest BCUT2D eigenvalue weighted by Gasteiger charge is 2.11. The van der Waals surface area contributed by atoms with Gasteiger partial charge in [-0.15, -0.1) is 0 Å². The van der Waals surface area contributed by atoms with E-state index in [-0.39, 0.29) is 6.04 Å². The van der Waals surface area contributed by atoms with Crippen LogP contribution in [-0.4, -0.2) is 26.5 Å². The number of ether oxygens (including phenoxy) is 1. The molecule has 2 heterocycles. The summed E-state index contributed by atoms with van der Waals surface area (Å²) in [6.45, 7) is 4.71. The molecule has 108 valence electrons. The highest BCUT2D eigenvalue weighted by atomic mass is 16.5. The van der Waals surface area contributed by atoms with Crippen LogP contribution >= 0.6 is 0 Å². The number of benzene rings is 1. The molecule has 3 aromatic rings. The number of rotatable bonds is 5. The van der Waals surface area contributed by atoms with Crippen molar-refractivity contribution in [1.82, 2.24) is 19.9 Å². The third-order valence-electron chi connectivity index (χ3n) is 3.25. The first kappa shape index (κ1) is 13.4. The van der Waals surface area contributed by atoms with Gasteiger partial charge in [-0.1, -0.05) is 12.1 Å². The van der Waals surface area contributed by atoms with Crippen molar-refractivity contribution in [3.8, 4) is 5.75 Å². The zero-order valence-electron chi connectivity index (χ0n) is 12.0. The van der Waals surface area contributed by atoms with E-state index in [2.05, 4.69) is 38.2 Å². The van der Waals surface area contributed by atoms with Gasteiger partial charge >= 0.3 is 0 Å². The van der Waals surface area contributed by atoms with E-state index in [1.165, 1.54) is 6.33 Å². The molecule has 2 aromatic heterocycles. The van der Waals surface area contributed by atoms with Crippen molar-refractivity contribution in [2.24, 2.45) is 0 Å². The first-order valence-corrected chi connectivity index (χ1v) is 6.91. The summed E-state index contributed by atoms with van der Waals surface area (Å²) in [7, 11) is 0. The lowest BCUT2D eigenvalue weighted by Gasteiger charge is -2.16. The van der Waals surface area contributed by atoms with Gasteiger partial charge in [0.2, 0.25) is 0 Å². The molecule has 3 rings (SSSR count). The van der Waals surface area contributed by atoms with Crippen LogP contribution in [0.5, 0.6) is 5.75 Å². The predicted molar refractivity (Wildman–Crippen MR) is 81.3 cm³/mol. The molecule has 0 spiro atoms. The first-order valence-electron chi connectivity index (χ1n) is 6.91. The number of fused-ring (bicyclic) bond motifs is 1. The molecule has 0 bridgehead atoms. The van der Waals surface area contributed by atoms with Crippen LogP contribution in [0.1, 0.15) is 25.5 Å². The van der Waals surface area contributed by atoms with E-state index in [0.29, 0.717) is 12.3 Å². The molecule has 0 unspecified atom stereocenters.